The van der Waals surface area contributed by atoms with Crippen molar-refractivity contribution < 1.29 is 24.5 Å². The van der Waals surface area contributed by atoms with Gasteiger partial charge in [0.15, 0.2) is 17.3 Å². The molecule has 0 spiro atoms. The lowest BCUT2D eigenvalue weighted by molar-refractivity contribution is 0.101. The van der Waals surface area contributed by atoms with Gasteiger partial charge in [-0.25, -0.2) is 0 Å². The first-order valence-electron chi connectivity index (χ1n) is 6.23. The fourth-order valence-electron chi connectivity index (χ4n) is 2.08. The zero-order valence-electron chi connectivity index (χ0n) is 11.2. The molecule has 21 heavy (non-hydrogen) atoms. The van der Waals surface area contributed by atoms with E-state index in [1.807, 2.05) is 0 Å². The topological polar surface area (TPSA) is 76.0 Å². The number of hydrogen-bond donors (Lipinski definition) is 2. The van der Waals surface area contributed by atoms with Crippen molar-refractivity contribution in [1.29, 1.82) is 0 Å². The van der Waals surface area contributed by atoms with Gasteiger partial charge in [0.25, 0.3) is 0 Å². The molecule has 0 atom stereocenters. The Balaban J connectivity index is 1.96. The molecule has 0 fully saturated rings. The van der Waals surface area contributed by atoms with E-state index in [2.05, 4.69) is 0 Å². The van der Waals surface area contributed by atoms with Gasteiger partial charge in [0.1, 0.15) is 11.5 Å². The molecule has 2 aromatic rings. The highest BCUT2D eigenvalue weighted by atomic mass is 16.5. The molecular formula is C16H12O5. The number of ether oxygens (including phenoxy) is 2. The summed E-state index contributed by atoms with van der Waals surface area (Å²) in [5.41, 5.74) is 0.983. The molecule has 0 amide bonds. The molecule has 0 aromatic heterocycles. The predicted octanol–water partition coefficient (Wildman–Crippen LogP) is 2.72. The summed E-state index contributed by atoms with van der Waals surface area (Å²) in [6.45, 7) is 0. The van der Waals surface area contributed by atoms with Crippen LogP contribution < -0.4 is 9.47 Å². The van der Waals surface area contributed by atoms with Crippen LogP contribution in [0, 0.1) is 0 Å². The fourth-order valence-corrected chi connectivity index (χ4v) is 2.08. The van der Waals surface area contributed by atoms with Crippen molar-refractivity contribution in [1.82, 2.24) is 0 Å². The largest absolute Gasteiger partial charge is 0.504 e. The van der Waals surface area contributed by atoms with Gasteiger partial charge >= 0.3 is 0 Å². The van der Waals surface area contributed by atoms with Gasteiger partial charge in [-0.05, 0) is 42.0 Å². The van der Waals surface area contributed by atoms with Crippen molar-refractivity contribution in [2.75, 3.05) is 7.11 Å². The first-order chi connectivity index (χ1) is 10.1. The number of phenols is 2. The quantitative estimate of drug-likeness (QED) is 0.655. The molecule has 106 valence electrons. The van der Waals surface area contributed by atoms with Crippen molar-refractivity contribution in [2.24, 2.45) is 0 Å². The molecular weight excluding hydrogens is 272 g/mol. The minimum atomic E-state index is -0.256. The van der Waals surface area contributed by atoms with Gasteiger partial charge in [-0.15, -0.1) is 0 Å². The minimum Gasteiger partial charge on any atom is -0.504 e. The van der Waals surface area contributed by atoms with E-state index in [0.29, 0.717) is 22.6 Å². The van der Waals surface area contributed by atoms with Gasteiger partial charge in [-0.3, -0.25) is 4.79 Å². The van der Waals surface area contributed by atoms with Crippen LogP contribution >= 0.6 is 0 Å². The van der Waals surface area contributed by atoms with E-state index in [1.165, 1.54) is 25.3 Å². The zero-order chi connectivity index (χ0) is 15.0. The highest BCUT2D eigenvalue weighted by Crippen LogP contribution is 2.35. The Kier molecular flexibility index (Phi) is 3.02. The maximum atomic E-state index is 12.3. The smallest absolute Gasteiger partial charge is 0.232 e. The van der Waals surface area contributed by atoms with Crippen LogP contribution in [0.2, 0.25) is 0 Å². The molecule has 2 N–H and O–H groups in total. The Hall–Kier alpha value is -2.95. The molecule has 1 aliphatic heterocycles. The predicted molar refractivity (Wildman–Crippen MR) is 75.7 cm³/mol. The molecule has 2 aromatic carbocycles. The van der Waals surface area contributed by atoms with Crippen LogP contribution in [0.5, 0.6) is 23.0 Å². The van der Waals surface area contributed by atoms with Crippen molar-refractivity contribution in [3.63, 3.8) is 0 Å². The molecule has 0 saturated heterocycles. The van der Waals surface area contributed by atoms with Gasteiger partial charge < -0.3 is 19.7 Å². The molecule has 3 rings (SSSR count). The van der Waals surface area contributed by atoms with Gasteiger partial charge in [-0.2, -0.15) is 0 Å². The minimum absolute atomic E-state index is 0.156. The number of fused-ring (bicyclic) bond motifs is 1. The first-order valence-corrected chi connectivity index (χ1v) is 6.23. The summed E-state index contributed by atoms with van der Waals surface area (Å²) >= 11 is 0. The Morgan fingerprint density at radius 3 is 2.62 bits per heavy atom. The summed E-state index contributed by atoms with van der Waals surface area (Å²) in [7, 11) is 1.53. The monoisotopic (exact) mass is 284 g/mol. The van der Waals surface area contributed by atoms with Crippen LogP contribution in [0.15, 0.2) is 42.2 Å². The molecule has 5 nitrogen and oxygen atoms in total. The van der Waals surface area contributed by atoms with E-state index in [0.717, 1.165) is 0 Å². The summed E-state index contributed by atoms with van der Waals surface area (Å²) in [5, 5.41) is 18.7. The maximum absolute atomic E-state index is 12.3. The zero-order valence-corrected chi connectivity index (χ0v) is 11.2. The number of aromatic hydroxyl groups is 2. The lowest BCUT2D eigenvalue weighted by atomic mass is 10.1. The number of allylic oxidation sites excluding steroid dienone is 1. The average Bonchev–Trinajstić information content (AvgIpc) is 2.79. The molecule has 0 bridgehead atoms. The Morgan fingerprint density at radius 1 is 1.10 bits per heavy atom. The number of Topliss-reactive ketones (excluding diaryl/α,β-unsaturated/α-hetero) is 1. The standard InChI is InChI=1S/C16H12O5/c1-20-10-3-5-14-11(8-10)16(19)15(21-14)7-9-2-4-12(17)13(18)6-9/h2-8,17-18H,1H3. The third-order valence-electron chi connectivity index (χ3n) is 3.17. The van der Waals surface area contributed by atoms with Crippen molar-refractivity contribution >= 4 is 11.9 Å². The third-order valence-corrected chi connectivity index (χ3v) is 3.17. The maximum Gasteiger partial charge on any atom is 0.232 e. The molecule has 5 heteroatoms. The Labute approximate surface area is 120 Å². The molecule has 0 aliphatic carbocycles. The number of ketones is 1. The molecule has 1 aliphatic rings. The number of rotatable bonds is 2. The third kappa shape index (κ3) is 2.29. The normalized spacial score (nSPS) is 14.9. The summed E-state index contributed by atoms with van der Waals surface area (Å²) in [6.07, 6.45) is 1.51. The first kappa shape index (κ1) is 13.1. The average molecular weight is 284 g/mol. The summed E-state index contributed by atoms with van der Waals surface area (Å²) < 4.78 is 10.6. The van der Waals surface area contributed by atoms with E-state index >= 15 is 0 Å². The highest BCUT2D eigenvalue weighted by Gasteiger charge is 2.27. The second-order valence-electron chi connectivity index (χ2n) is 4.55. The van der Waals surface area contributed by atoms with Gasteiger partial charge in [0.2, 0.25) is 5.78 Å². The summed E-state index contributed by atoms with van der Waals surface area (Å²) in [6, 6.07) is 9.26. The molecule has 0 unspecified atom stereocenters. The number of methoxy groups -OCH3 is 1. The van der Waals surface area contributed by atoms with Crippen molar-refractivity contribution in [3.05, 3.63) is 53.3 Å². The van der Waals surface area contributed by atoms with E-state index in [9.17, 15) is 15.0 Å². The summed E-state index contributed by atoms with van der Waals surface area (Å²) in [4.78, 5) is 12.3. The SMILES string of the molecule is COc1ccc2c(c1)C(=O)C(=Cc1ccc(O)c(O)c1)O2. The van der Waals surface area contributed by atoms with Crippen LogP contribution in [0.1, 0.15) is 15.9 Å². The lowest BCUT2D eigenvalue weighted by Crippen LogP contribution is -1.98. The second kappa shape index (κ2) is 4.86. The van der Waals surface area contributed by atoms with Crippen molar-refractivity contribution in [2.45, 2.75) is 0 Å². The van der Waals surface area contributed by atoms with E-state index in [-0.39, 0.29) is 23.0 Å². The fraction of sp³-hybridized carbons (Fsp3) is 0.0625. The molecule has 0 saturated carbocycles. The van der Waals surface area contributed by atoms with Crippen LogP contribution in [-0.2, 0) is 0 Å². The number of phenolic OH excluding ortho intramolecular Hbond substituents is 2. The van der Waals surface area contributed by atoms with Crippen LogP contribution in [0.4, 0.5) is 0 Å². The Morgan fingerprint density at radius 2 is 1.90 bits per heavy atom. The van der Waals surface area contributed by atoms with E-state index < -0.39 is 0 Å². The van der Waals surface area contributed by atoms with Crippen LogP contribution in [-0.4, -0.2) is 23.1 Å². The molecule has 0 radical (unpaired) electrons. The van der Waals surface area contributed by atoms with Crippen molar-refractivity contribution in [3.8, 4) is 23.0 Å². The van der Waals surface area contributed by atoms with Gasteiger partial charge in [0.05, 0.1) is 12.7 Å². The number of carbonyl (C=O) groups is 1. The van der Waals surface area contributed by atoms with Gasteiger partial charge in [-0.1, -0.05) is 6.07 Å². The second-order valence-corrected chi connectivity index (χ2v) is 4.55. The number of carbonyl (C=O) groups excluding carboxylic acids is 1. The van der Waals surface area contributed by atoms with Crippen LogP contribution in [0.3, 0.4) is 0 Å². The molecule has 1 heterocycles. The summed E-state index contributed by atoms with van der Waals surface area (Å²) in [5.74, 6) is 0.474. The van der Waals surface area contributed by atoms with Gasteiger partial charge in [0, 0.05) is 0 Å². The van der Waals surface area contributed by atoms with E-state index in [4.69, 9.17) is 9.47 Å². The lowest BCUT2D eigenvalue weighted by Gasteiger charge is -2.01. The highest BCUT2D eigenvalue weighted by molar-refractivity contribution is 6.14. The van der Waals surface area contributed by atoms with E-state index in [1.54, 1.807) is 24.3 Å². The van der Waals surface area contributed by atoms with Crippen LogP contribution in [0.25, 0.3) is 6.08 Å². The number of hydrogen-bond acceptors (Lipinski definition) is 5. The Bertz CT molecular complexity index is 761. The number of benzene rings is 2.